The Morgan fingerprint density at radius 1 is 1.47 bits per heavy atom. The fraction of sp³-hybridized carbons (Fsp3) is 0.200. The van der Waals surface area contributed by atoms with Crippen LogP contribution in [0.2, 0.25) is 0 Å². The van der Waals surface area contributed by atoms with E-state index in [9.17, 15) is 9.59 Å². The first kappa shape index (κ1) is 11.7. The van der Waals surface area contributed by atoms with Gasteiger partial charge in [-0.25, -0.2) is 0 Å². The fourth-order valence-electron chi connectivity index (χ4n) is 1.22. The van der Waals surface area contributed by atoms with E-state index in [0.717, 1.165) is 0 Å². The van der Waals surface area contributed by atoms with E-state index < -0.39 is 5.91 Å². The summed E-state index contributed by atoms with van der Waals surface area (Å²) in [6, 6.07) is 5.03. The molecule has 2 amide bonds. The van der Waals surface area contributed by atoms with Crippen LogP contribution in [0.5, 0.6) is 0 Å². The van der Waals surface area contributed by atoms with Gasteiger partial charge in [0, 0.05) is 11.3 Å². The molecule has 5 heteroatoms. The number of anilines is 1. The summed E-state index contributed by atoms with van der Waals surface area (Å²) in [6.45, 7) is 1.74. The zero-order chi connectivity index (χ0) is 11.4. The van der Waals surface area contributed by atoms with Gasteiger partial charge in [-0.3, -0.25) is 9.59 Å². The van der Waals surface area contributed by atoms with Gasteiger partial charge in [0.15, 0.2) is 0 Å². The van der Waals surface area contributed by atoms with Crippen molar-refractivity contribution in [3.05, 3.63) is 29.3 Å². The van der Waals surface area contributed by atoms with Gasteiger partial charge in [-0.05, 0) is 24.6 Å². The van der Waals surface area contributed by atoms with Crippen molar-refractivity contribution >= 4 is 33.4 Å². The Morgan fingerprint density at radius 2 is 2.13 bits per heavy atom. The predicted octanol–water partition coefficient (Wildman–Crippen LogP) is 1.43. The number of hydrogen-bond donors (Lipinski definition) is 2. The first-order chi connectivity index (χ1) is 7.06. The predicted molar refractivity (Wildman–Crippen MR) is 62.1 cm³/mol. The highest BCUT2D eigenvalue weighted by Crippen LogP contribution is 2.18. The van der Waals surface area contributed by atoms with Crippen LogP contribution in [-0.4, -0.2) is 17.1 Å². The monoisotopic (exact) mass is 270 g/mol. The van der Waals surface area contributed by atoms with Crippen LogP contribution in [0.25, 0.3) is 0 Å². The molecule has 0 saturated heterocycles. The standard InChI is InChI=1S/C10H11BrN2O2/c1-6-7(10(12)15)3-2-4-8(6)13-9(14)5-11/h2-4H,5H2,1H3,(H2,12,15)(H,13,14). The molecule has 0 saturated carbocycles. The maximum atomic E-state index is 11.1. The van der Waals surface area contributed by atoms with Crippen LogP contribution < -0.4 is 11.1 Å². The Bertz CT molecular complexity index is 404. The lowest BCUT2D eigenvalue weighted by Crippen LogP contribution is -2.17. The van der Waals surface area contributed by atoms with Gasteiger partial charge < -0.3 is 11.1 Å². The lowest BCUT2D eigenvalue weighted by molar-refractivity contribution is -0.113. The van der Waals surface area contributed by atoms with Crippen LogP contribution in [0.15, 0.2) is 18.2 Å². The third-order valence-corrected chi connectivity index (χ3v) is 2.50. The van der Waals surface area contributed by atoms with Gasteiger partial charge in [-0.15, -0.1) is 0 Å². The number of nitrogens with two attached hydrogens (primary N) is 1. The SMILES string of the molecule is Cc1c(NC(=O)CBr)cccc1C(N)=O. The molecular weight excluding hydrogens is 260 g/mol. The van der Waals surface area contributed by atoms with E-state index in [1.54, 1.807) is 25.1 Å². The smallest absolute Gasteiger partial charge is 0.249 e. The molecular formula is C10H11BrN2O2. The van der Waals surface area contributed by atoms with Crippen LogP contribution in [0.1, 0.15) is 15.9 Å². The summed E-state index contributed by atoms with van der Waals surface area (Å²) in [5, 5.41) is 2.88. The molecule has 1 rings (SSSR count). The van der Waals surface area contributed by atoms with E-state index in [4.69, 9.17) is 5.73 Å². The van der Waals surface area contributed by atoms with E-state index in [2.05, 4.69) is 21.2 Å². The summed E-state index contributed by atoms with van der Waals surface area (Å²) < 4.78 is 0. The lowest BCUT2D eigenvalue weighted by Gasteiger charge is -2.09. The number of benzene rings is 1. The molecule has 0 aromatic heterocycles. The second-order valence-electron chi connectivity index (χ2n) is 3.02. The van der Waals surface area contributed by atoms with Crippen LogP contribution in [0.3, 0.4) is 0 Å². The molecule has 0 radical (unpaired) electrons. The number of alkyl halides is 1. The van der Waals surface area contributed by atoms with Crippen molar-refractivity contribution in [1.82, 2.24) is 0 Å². The van der Waals surface area contributed by atoms with Crippen molar-refractivity contribution in [3.63, 3.8) is 0 Å². The van der Waals surface area contributed by atoms with Gasteiger partial charge in [-0.2, -0.15) is 0 Å². The molecule has 0 aliphatic rings. The third-order valence-electron chi connectivity index (χ3n) is 1.99. The largest absolute Gasteiger partial charge is 0.366 e. The lowest BCUT2D eigenvalue weighted by atomic mass is 10.1. The van der Waals surface area contributed by atoms with Crippen molar-refractivity contribution in [2.75, 3.05) is 10.6 Å². The molecule has 0 aliphatic carbocycles. The molecule has 0 spiro atoms. The normalized spacial score (nSPS) is 9.73. The minimum atomic E-state index is -0.498. The fourth-order valence-corrected chi connectivity index (χ4v) is 1.36. The number of rotatable bonds is 3. The Balaban J connectivity index is 3.04. The Kier molecular flexibility index (Phi) is 3.85. The molecule has 0 unspecified atom stereocenters. The summed E-state index contributed by atoms with van der Waals surface area (Å²) in [6.07, 6.45) is 0. The van der Waals surface area contributed by atoms with E-state index in [1.807, 2.05) is 0 Å². The summed E-state index contributed by atoms with van der Waals surface area (Å²) in [4.78, 5) is 22.2. The zero-order valence-corrected chi connectivity index (χ0v) is 9.80. The molecule has 0 atom stereocenters. The Labute approximate surface area is 96.0 Å². The summed E-state index contributed by atoms with van der Waals surface area (Å²) >= 11 is 3.04. The van der Waals surface area contributed by atoms with Gasteiger partial charge in [-0.1, -0.05) is 22.0 Å². The van der Waals surface area contributed by atoms with Crippen molar-refractivity contribution in [2.45, 2.75) is 6.92 Å². The molecule has 1 aromatic carbocycles. The molecule has 4 nitrogen and oxygen atoms in total. The third kappa shape index (κ3) is 2.79. The highest BCUT2D eigenvalue weighted by molar-refractivity contribution is 9.09. The van der Waals surface area contributed by atoms with Gasteiger partial charge in [0.2, 0.25) is 11.8 Å². The van der Waals surface area contributed by atoms with Crippen molar-refractivity contribution < 1.29 is 9.59 Å². The molecule has 0 fully saturated rings. The second-order valence-corrected chi connectivity index (χ2v) is 3.58. The number of carbonyl (C=O) groups excluding carboxylic acids is 2. The average Bonchev–Trinajstić information content (AvgIpc) is 2.20. The highest BCUT2D eigenvalue weighted by Gasteiger charge is 2.09. The Morgan fingerprint density at radius 3 is 2.67 bits per heavy atom. The topological polar surface area (TPSA) is 72.2 Å². The van der Waals surface area contributed by atoms with Crippen LogP contribution in [0.4, 0.5) is 5.69 Å². The van der Waals surface area contributed by atoms with Gasteiger partial charge >= 0.3 is 0 Å². The second kappa shape index (κ2) is 4.93. The minimum absolute atomic E-state index is 0.167. The summed E-state index contributed by atoms with van der Waals surface area (Å²) in [5.41, 5.74) is 6.89. The highest BCUT2D eigenvalue weighted by atomic mass is 79.9. The van der Waals surface area contributed by atoms with E-state index in [-0.39, 0.29) is 11.2 Å². The van der Waals surface area contributed by atoms with Gasteiger partial charge in [0.25, 0.3) is 0 Å². The Hall–Kier alpha value is -1.36. The van der Waals surface area contributed by atoms with Crippen LogP contribution >= 0.6 is 15.9 Å². The number of hydrogen-bond acceptors (Lipinski definition) is 2. The van der Waals surface area contributed by atoms with E-state index in [1.165, 1.54) is 0 Å². The number of carbonyl (C=O) groups is 2. The number of amides is 2. The zero-order valence-electron chi connectivity index (χ0n) is 8.21. The molecule has 0 aliphatic heterocycles. The molecule has 15 heavy (non-hydrogen) atoms. The van der Waals surface area contributed by atoms with Crippen LogP contribution in [0, 0.1) is 6.92 Å². The minimum Gasteiger partial charge on any atom is -0.366 e. The van der Waals surface area contributed by atoms with Crippen molar-refractivity contribution in [2.24, 2.45) is 5.73 Å². The molecule has 3 N–H and O–H groups in total. The van der Waals surface area contributed by atoms with Crippen molar-refractivity contribution in [1.29, 1.82) is 0 Å². The van der Waals surface area contributed by atoms with Gasteiger partial charge in [0.05, 0.1) is 5.33 Å². The van der Waals surface area contributed by atoms with Crippen LogP contribution in [-0.2, 0) is 4.79 Å². The quantitative estimate of drug-likeness (QED) is 0.816. The maximum Gasteiger partial charge on any atom is 0.249 e. The van der Waals surface area contributed by atoms with E-state index >= 15 is 0 Å². The number of nitrogens with one attached hydrogen (secondary N) is 1. The summed E-state index contributed by atoms with van der Waals surface area (Å²) in [5.74, 6) is -0.665. The molecule has 0 heterocycles. The van der Waals surface area contributed by atoms with Gasteiger partial charge in [0.1, 0.15) is 0 Å². The molecule has 80 valence electrons. The first-order valence-electron chi connectivity index (χ1n) is 4.31. The molecule has 0 bridgehead atoms. The molecule has 1 aromatic rings. The van der Waals surface area contributed by atoms with Crippen molar-refractivity contribution in [3.8, 4) is 0 Å². The first-order valence-corrected chi connectivity index (χ1v) is 5.43. The number of primary amides is 1. The average molecular weight is 271 g/mol. The van der Waals surface area contributed by atoms with E-state index in [0.29, 0.717) is 16.8 Å². The summed E-state index contributed by atoms with van der Waals surface area (Å²) in [7, 11) is 0. The maximum absolute atomic E-state index is 11.1. The number of halogens is 1.